The molecular formula is C28H34O4. The molecule has 4 heteroatoms. The third kappa shape index (κ3) is 3.88. The molecule has 1 N–H and O–H groups in total. The first-order chi connectivity index (χ1) is 15.6. The maximum Gasteiger partial charge on any atom is 0.343 e. The Morgan fingerprint density at radius 2 is 1.94 bits per heavy atom. The van der Waals surface area contributed by atoms with Gasteiger partial charge in [-0.3, -0.25) is 0 Å². The fourth-order valence-corrected chi connectivity index (χ4v) is 6.88. The summed E-state index contributed by atoms with van der Waals surface area (Å²) in [6.07, 6.45) is 8.13. The van der Waals surface area contributed by atoms with Crippen LogP contribution in [0.4, 0.5) is 0 Å². The molecule has 3 aliphatic rings. The summed E-state index contributed by atoms with van der Waals surface area (Å²) in [4.78, 5) is 12.4. The molecule has 2 aromatic rings. The molecule has 2 aromatic carbocycles. The summed E-state index contributed by atoms with van der Waals surface area (Å²) in [5.74, 6) is 2.38. The zero-order chi connectivity index (χ0) is 22.1. The van der Waals surface area contributed by atoms with Crippen LogP contribution >= 0.6 is 0 Å². The van der Waals surface area contributed by atoms with Crippen LogP contribution in [0.2, 0.25) is 0 Å². The van der Waals surface area contributed by atoms with Crippen LogP contribution in [-0.2, 0) is 11.2 Å². The zero-order valence-electron chi connectivity index (χ0n) is 19.0. The van der Waals surface area contributed by atoms with Crippen molar-refractivity contribution in [2.75, 3.05) is 13.2 Å². The van der Waals surface area contributed by atoms with E-state index >= 15 is 0 Å². The minimum absolute atomic E-state index is 0.205. The molecule has 0 aliphatic heterocycles. The Hall–Kier alpha value is -2.17. The molecule has 0 radical (unpaired) electrons. The average molecular weight is 435 g/mol. The molecule has 4 nitrogen and oxygen atoms in total. The number of esters is 1. The number of carbonyl (C=O) groups is 1. The number of aliphatic hydroxyl groups is 1. The molecular weight excluding hydrogens is 400 g/mol. The van der Waals surface area contributed by atoms with Gasteiger partial charge in [-0.05, 0) is 104 Å². The lowest BCUT2D eigenvalue weighted by Crippen LogP contribution is -2.44. The molecule has 0 bridgehead atoms. The highest BCUT2D eigenvalue weighted by Crippen LogP contribution is 2.61. The minimum Gasteiger partial charge on any atom is -0.423 e. The van der Waals surface area contributed by atoms with Crippen LogP contribution in [0.3, 0.4) is 0 Å². The van der Waals surface area contributed by atoms with Gasteiger partial charge >= 0.3 is 5.97 Å². The van der Waals surface area contributed by atoms with E-state index in [4.69, 9.17) is 14.6 Å². The van der Waals surface area contributed by atoms with Crippen molar-refractivity contribution in [1.29, 1.82) is 0 Å². The minimum atomic E-state index is -0.300. The number of carbonyl (C=O) groups excluding carboxylic acids is 1. The van der Waals surface area contributed by atoms with Crippen molar-refractivity contribution in [1.82, 2.24) is 0 Å². The van der Waals surface area contributed by atoms with E-state index in [-0.39, 0.29) is 18.0 Å². The summed E-state index contributed by atoms with van der Waals surface area (Å²) in [5.41, 5.74) is 3.66. The highest BCUT2D eigenvalue weighted by Gasteiger charge is 2.55. The van der Waals surface area contributed by atoms with Crippen molar-refractivity contribution in [3.8, 4) is 5.75 Å². The zero-order valence-corrected chi connectivity index (χ0v) is 19.0. The van der Waals surface area contributed by atoms with E-state index in [0.29, 0.717) is 41.8 Å². The van der Waals surface area contributed by atoms with Crippen molar-refractivity contribution in [3.05, 3.63) is 65.2 Å². The Morgan fingerprint density at radius 3 is 2.75 bits per heavy atom. The van der Waals surface area contributed by atoms with Gasteiger partial charge < -0.3 is 14.6 Å². The number of ether oxygens (including phenoxy) is 2. The molecule has 0 aromatic heterocycles. The Labute approximate surface area is 190 Å². The Morgan fingerprint density at radius 1 is 1.09 bits per heavy atom. The molecule has 5 rings (SSSR count). The third-order valence-electron chi connectivity index (χ3n) is 8.45. The normalized spacial score (nSPS) is 30.8. The Kier molecular flexibility index (Phi) is 6.09. The number of rotatable bonds is 6. The number of aliphatic hydroxyl groups excluding tert-OH is 1. The van der Waals surface area contributed by atoms with Crippen molar-refractivity contribution in [2.45, 2.75) is 63.9 Å². The van der Waals surface area contributed by atoms with Gasteiger partial charge in [0.2, 0.25) is 0 Å². The van der Waals surface area contributed by atoms with Crippen LogP contribution in [0.15, 0.2) is 48.5 Å². The van der Waals surface area contributed by atoms with Gasteiger partial charge in [-0.2, -0.15) is 0 Å². The first kappa shape index (κ1) is 21.7. The molecule has 5 atom stereocenters. The molecule has 170 valence electrons. The van der Waals surface area contributed by atoms with Crippen molar-refractivity contribution in [3.63, 3.8) is 0 Å². The van der Waals surface area contributed by atoms with E-state index in [2.05, 4.69) is 19.1 Å². The molecule has 2 saturated carbocycles. The van der Waals surface area contributed by atoms with Gasteiger partial charge in [0.1, 0.15) is 5.75 Å². The highest BCUT2D eigenvalue weighted by molar-refractivity contribution is 5.91. The summed E-state index contributed by atoms with van der Waals surface area (Å²) >= 11 is 0. The topological polar surface area (TPSA) is 55.8 Å². The number of fused-ring (bicyclic) bond motifs is 5. The van der Waals surface area contributed by atoms with Crippen LogP contribution in [0.1, 0.15) is 72.9 Å². The summed E-state index contributed by atoms with van der Waals surface area (Å²) < 4.78 is 11.9. The van der Waals surface area contributed by atoms with E-state index in [1.165, 1.54) is 36.8 Å². The molecule has 3 aliphatic carbocycles. The predicted octanol–water partition coefficient (Wildman–Crippen LogP) is 5.53. The summed E-state index contributed by atoms with van der Waals surface area (Å²) in [6, 6.07) is 15.5. The van der Waals surface area contributed by atoms with Crippen LogP contribution in [-0.4, -0.2) is 30.4 Å². The van der Waals surface area contributed by atoms with Gasteiger partial charge in [-0.1, -0.05) is 31.2 Å². The fraction of sp³-hybridized carbons (Fsp3) is 0.536. The molecule has 0 saturated heterocycles. The first-order valence-electron chi connectivity index (χ1n) is 12.2. The second-order valence-corrected chi connectivity index (χ2v) is 10.1. The third-order valence-corrected chi connectivity index (χ3v) is 8.45. The van der Waals surface area contributed by atoms with Crippen molar-refractivity contribution < 1.29 is 19.4 Å². The number of aryl methyl sites for hydroxylation is 1. The quantitative estimate of drug-likeness (QED) is 0.369. The molecule has 0 heterocycles. The fourth-order valence-electron chi connectivity index (χ4n) is 6.88. The molecule has 3 unspecified atom stereocenters. The second-order valence-electron chi connectivity index (χ2n) is 10.1. The number of benzene rings is 2. The average Bonchev–Trinajstić information content (AvgIpc) is 3.16. The van der Waals surface area contributed by atoms with Gasteiger partial charge in [-0.15, -0.1) is 0 Å². The Bertz CT molecular complexity index is 955. The van der Waals surface area contributed by atoms with Gasteiger partial charge in [-0.25, -0.2) is 4.79 Å². The van der Waals surface area contributed by atoms with E-state index in [1.54, 1.807) is 12.1 Å². The lowest BCUT2D eigenvalue weighted by Gasteiger charge is -2.50. The van der Waals surface area contributed by atoms with Crippen molar-refractivity contribution in [2.24, 2.45) is 17.3 Å². The van der Waals surface area contributed by atoms with Gasteiger partial charge in [0.05, 0.1) is 11.7 Å². The van der Waals surface area contributed by atoms with E-state index < -0.39 is 0 Å². The maximum absolute atomic E-state index is 12.4. The number of hydrogen-bond donors (Lipinski definition) is 1. The van der Waals surface area contributed by atoms with Crippen LogP contribution in [0, 0.1) is 17.3 Å². The van der Waals surface area contributed by atoms with Crippen LogP contribution in [0.5, 0.6) is 5.75 Å². The van der Waals surface area contributed by atoms with Crippen LogP contribution in [0.25, 0.3) is 0 Å². The largest absolute Gasteiger partial charge is 0.423 e. The van der Waals surface area contributed by atoms with E-state index in [1.807, 2.05) is 24.3 Å². The van der Waals surface area contributed by atoms with Crippen molar-refractivity contribution >= 4 is 5.97 Å². The lowest BCUT2D eigenvalue weighted by atomic mass is 9.55. The first-order valence-corrected chi connectivity index (χ1v) is 12.2. The maximum atomic E-state index is 12.4. The monoisotopic (exact) mass is 434 g/mol. The highest BCUT2D eigenvalue weighted by atomic mass is 16.5. The summed E-state index contributed by atoms with van der Waals surface area (Å²) in [7, 11) is 0. The van der Waals surface area contributed by atoms with Gasteiger partial charge in [0.15, 0.2) is 0 Å². The molecule has 32 heavy (non-hydrogen) atoms. The Balaban J connectivity index is 1.30. The summed E-state index contributed by atoms with van der Waals surface area (Å²) in [6.45, 7) is 3.33. The molecule has 2 fully saturated rings. The smallest absolute Gasteiger partial charge is 0.343 e. The van der Waals surface area contributed by atoms with E-state index in [0.717, 1.165) is 19.3 Å². The molecule has 0 amide bonds. The SMILES string of the molecule is C[C@]12CCC3c4ccc(OC(=O)c5ccccc5)cc4CCC3C1CC[C@@H]2OCCCO. The predicted molar refractivity (Wildman–Crippen MR) is 124 cm³/mol. The summed E-state index contributed by atoms with van der Waals surface area (Å²) in [5, 5.41) is 9.10. The van der Waals surface area contributed by atoms with E-state index in [9.17, 15) is 4.79 Å². The van der Waals surface area contributed by atoms with Gasteiger partial charge in [0.25, 0.3) is 0 Å². The molecule has 0 spiro atoms. The van der Waals surface area contributed by atoms with Gasteiger partial charge in [0, 0.05) is 13.2 Å². The number of hydrogen-bond acceptors (Lipinski definition) is 4. The second kappa shape index (κ2) is 8.99. The lowest BCUT2D eigenvalue weighted by molar-refractivity contribution is -0.0661. The van der Waals surface area contributed by atoms with Crippen LogP contribution < -0.4 is 4.74 Å². The standard InChI is InChI=1S/C28H34O4/c1-28-15-14-23-22-11-9-21(32-27(30)19-6-3-2-4-7-19)18-20(22)8-10-24(23)25(28)12-13-26(28)31-17-5-16-29/h2-4,6-7,9,11,18,23-26,29H,5,8,10,12-17H2,1H3/t23?,24?,25?,26-,28-/m0/s1.